The first-order chi connectivity index (χ1) is 3.83. The number of rotatable bonds is 0. The number of hydrazone groups is 1. The number of hydrogen-bond acceptors (Lipinski definition) is 2. The Balaban J connectivity index is 2.56. The Labute approximate surface area is 48.5 Å². The van der Waals surface area contributed by atoms with E-state index < -0.39 is 0 Å². The third-order valence-corrected chi connectivity index (χ3v) is 1.07. The van der Waals surface area contributed by atoms with Crippen LogP contribution >= 0.6 is 0 Å². The van der Waals surface area contributed by atoms with Crippen molar-refractivity contribution >= 4 is 11.5 Å². The van der Waals surface area contributed by atoms with Crippen LogP contribution in [0.25, 0.3) is 0 Å². The molecule has 0 aromatic rings. The van der Waals surface area contributed by atoms with Crippen LogP contribution in [0.1, 0.15) is 13.3 Å². The molecule has 1 aliphatic rings. The fraction of sp³-hybridized carbons (Fsp3) is 0.600. The molecule has 3 heteroatoms. The highest BCUT2D eigenvalue weighted by Crippen LogP contribution is 1.94. The van der Waals surface area contributed by atoms with Crippen LogP contribution in [0, 0.1) is 0 Å². The zero-order valence-electron chi connectivity index (χ0n) is 5.10. The van der Waals surface area contributed by atoms with Crippen LogP contribution in [0.3, 0.4) is 0 Å². The Morgan fingerprint density at radius 1 is 1.75 bits per heavy atom. The monoisotopic (exact) mass is 111 g/mol. The van der Waals surface area contributed by atoms with Crippen molar-refractivity contribution in [2.75, 3.05) is 7.05 Å². The summed E-state index contributed by atoms with van der Waals surface area (Å²) in [6.45, 7) is 1.98. The number of nitrogens with one attached hydrogen (secondary N) is 1. The average molecular weight is 111 g/mol. The van der Waals surface area contributed by atoms with Crippen molar-refractivity contribution < 1.29 is 0 Å². The van der Waals surface area contributed by atoms with E-state index in [1.54, 1.807) is 7.05 Å². The van der Waals surface area contributed by atoms with Crippen molar-refractivity contribution in [2.24, 2.45) is 10.1 Å². The third-order valence-electron chi connectivity index (χ3n) is 1.07. The van der Waals surface area contributed by atoms with Crippen molar-refractivity contribution in [3.63, 3.8) is 0 Å². The number of amidine groups is 1. The predicted octanol–water partition coefficient (Wildman–Crippen LogP) is 0.384. The minimum Gasteiger partial charge on any atom is -0.274 e. The maximum Gasteiger partial charge on any atom is 0.122 e. The van der Waals surface area contributed by atoms with Crippen LogP contribution in [0.2, 0.25) is 0 Å². The molecule has 0 unspecified atom stereocenters. The molecule has 0 bridgehead atoms. The summed E-state index contributed by atoms with van der Waals surface area (Å²) in [4.78, 5) is 3.93. The first kappa shape index (κ1) is 5.28. The topological polar surface area (TPSA) is 36.8 Å². The smallest absolute Gasteiger partial charge is 0.122 e. The van der Waals surface area contributed by atoms with E-state index in [-0.39, 0.29) is 0 Å². The average Bonchev–Trinajstić information content (AvgIpc) is 2.14. The zero-order valence-corrected chi connectivity index (χ0v) is 5.10. The Morgan fingerprint density at radius 3 is 2.75 bits per heavy atom. The van der Waals surface area contributed by atoms with Crippen LogP contribution in [-0.4, -0.2) is 18.6 Å². The summed E-state index contributed by atoms with van der Waals surface area (Å²) < 4.78 is 0. The van der Waals surface area contributed by atoms with Crippen LogP contribution in [0.5, 0.6) is 0 Å². The van der Waals surface area contributed by atoms with Gasteiger partial charge in [0.25, 0.3) is 0 Å². The summed E-state index contributed by atoms with van der Waals surface area (Å²) in [5.41, 5.74) is 3.90. The lowest BCUT2D eigenvalue weighted by Gasteiger charge is -1.87. The van der Waals surface area contributed by atoms with Gasteiger partial charge in [-0.3, -0.25) is 10.4 Å². The van der Waals surface area contributed by atoms with Crippen LogP contribution in [0.4, 0.5) is 0 Å². The van der Waals surface area contributed by atoms with Gasteiger partial charge in [0.15, 0.2) is 0 Å². The normalized spacial score (nSPS) is 23.2. The first-order valence-corrected chi connectivity index (χ1v) is 2.58. The molecule has 0 saturated heterocycles. The molecule has 0 aromatic carbocycles. The van der Waals surface area contributed by atoms with E-state index in [1.165, 1.54) is 0 Å². The second kappa shape index (κ2) is 1.94. The van der Waals surface area contributed by atoms with E-state index in [0.29, 0.717) is 0 Å². The SMILES string of the molecule is CN=C1CC(C)=NN1. The summed E-state index contributed by atoms with van der Waals surface area (Å²) in [5.74, 6) is 0.961. The quantitative estimate of drug-likeness (QED) is 0.482. The summed E-state index contributed by atoms with van der Waals surface area (Å²) in [6, 6.07) is 0. The van der Waals surface area contributed by atoms with E-state index in [1.807, 2.05) is 6.92 Å². The van der Waals surface area contributed by atoms with Crippen molar-refractivity contribution in [1.29, 1.82) is 0 Å². The molecule has 0 atom stereocenters. The first-order valence-electron chi connectivity index (χ1n) is 2.58. The van der Waals surface area contributed by atoms with E-state index in [9.17, 15) is 0 Å². The van der Waals surface area contributed by atoms with Gasteiger partial charge in [0.2, 0.25) is 0 Å². The molecule has 0 radical (unpaired) electrons. The maximum absolute atomic E-state index is 3.93. The molecule has 0 aliphatic carbocycles. The minimum absolute atomic E-state index is 0.885. The Kier molecular flexibility index (Phi) is 1.28. The summed E-state index contributed by atoms with van der Waals surface area (Å²) >= 11 is 0. The number of aliphatic imine (C=N–C) groups is 1. The van der Waals surface area contributed by atoms with Crippen LogP contribution < -0.4 is 5.43 Å². The third kappa shape index (κ3) is 0.857. The van der Waals surface area contributed by atoms with Crippen LogP contribution in [0.15, 0.2) is 10.1 Å². The summed E-state index contributed by atoms with van der Waals surface area (Å²) in [5, 5.41) is 3.92. The van der Waals surface area contributed by atoms with Crippen molar-refractivity contribution in [2.45, 2.75) is 13.3 Å². The van der Waals surface area contributed by atoms with Crippen molar-refractivity contribution in [3.8, 4) is 0 Å². The van der Waals surface area contributed by atoms with Gasteiger partial charge in [-0.2, -0.15) is 5.10 Å². The Bertz CT molecular complexity index is 146. The molecule has 44 valence electrons. The van der Waals surface area contributed by atoms with Gasteiger partial charge >= 0.3 is 0 Å². The molecule has 1 N–H and O–H groups in total. The molecule has 3 nitrogen and oxygen atoms in total. The fourth-order valence-electron chi connectivity index (χ4n) is 0.610. The second-order valence-corrected chi connectivity index (χ2v) is 1.81. The van der Waals surface area contributed by atoms with Gasteiger partial charge in [0.05, 0.1) is 0 Å². The molecule has 1 aliphatic heterocycles. The lowest BCUT2D eigenvalue weighted by Crippen LogP contribution is -2.09. The lowest BCUT2D eigenvalue weighted by molar-refractivity contribution is 1.04. The molecular weight excluding hydrogens is 102 g/mol. The van der Waals surface area contributed by atoms with Crippen molar-refractivity contribution in [3.05, 3.63) is 0 Å². The zero-order chi connectivity index (χ0) is 5.98. The molecule has 1 rings (SSSR count). The van der Waals surface area contributed by atoms with Gasteiger partial charge in [-0.1, -0.05) is 0 Å². The molecule has 1 heterocycles. The molecule has 0 spiro atoms. The van der Waals surface area contributed by atoms with Gasteiger partial charge in [-0.05, 0) is 6.92 Å². The molecule has 0 fully saturated rings. The van der Waals surface area contributed by atoms with Gasteiger partial charge in [0, 0.05) is 19.2 Å². The predicted molar refractivity (Wildman–Crippen MR) is 34.2 cm³/mol. The highest BCUT2D eigenvalue weighted by molar-refractivity contribution is 6.06. The van der Waals surface area contributed by atoms with E-state index in [0.717, 1.165) is 18.0 Å². The van der Waals surface area contributed by atoms with Gasteiger partial charge in [-0.25, -0.2) is 0 Å². The van der Waals surface area contributed by atoms with Crippen molar-refractivity contribution in [1.82, 2.24) is 5.43 Å². The summed E-state index contributed by atoms with van der Waals surface area (Å²) in [7, 11) is 1.76. The lowest BCUT2D eigenvalue weighted by atomic mass is 10.3. The number of hydrogen-bond donors (Lipinski definition) is 1. The number of nitrogens with zero attached hydrogens (tertiary/aromatic N) is 2. The second-order valence-electron chi connectivity index (χ2n) is 1.81. The van der Waals surface area contributed by atoms with Crippen LogP contribution in [-0.2, 0) is 0 Å². The highest BCUT2D eigenvalue weighted by atomic mass is 15.3. The minimum atomic E-state index is 0.885. The standard InChI is InChI=1S/C5H9N3/c1-4-3-5(6-2)8-7-4/h3H2,1-2H3,(H,6,8). The Morgan fingerprint density at radius 2 is 2.50 bits per heavy atom. The van der Waals surface area contributed by atoms with E-state index >= 15 is 0 Å². The fourth-order valence-corrected chi connectivity index (χ4v) is 0.610. The molecule has 0 saturated carbocycles. The molecular formula is C5H9N3. The largest absolute Gasteiger partial charge is 0.274 e. The Hall–Kier alpha value is -0.860. The summed E-state index contributed by atoms with van der Waals surface area (Å²) in [6.07, 6.45) is 0.885. The highest BCUT2D eigenvalue weighted by Gasteiger charge is 2.05. The molecule has 8 heavy (non-hydrogen) atoms. The van der Waals surface area contributed by atoms with E-state index in [2.05, 4.69) is 15.5 Å². The maximum atomic E-state index is 3.93. The van der Waals surface area contributed by atoms with Gasteiger partial charge in [0.1, 0.15) is 5.84 Å². The van der Waals surface area contributed by atoms with Gasteiger partial charge in [-0.15, -0.1) is 0 Å². The molecule has 0 aromatic heterocycles. The van der Waals surface area contributed by atoms with Gasteiger partial charge < -0.3 is 0 Å². The molecule has 0 amide bonds. The van der Waals surface area contributed by atoms with E-state index in [4.69, 9.17) is 0 Å².